The molecule has 1 saturated heterocycles. The van der Waals surface area contributed by atoms with Crippen LogP contribution < -0.4 is 9.46 Å². The third-order valence-electron chi connectivity index (χ3n) is 5.09. The quantitative estimate of drug-likeness (QED) is 0.318. The van der Waals surface area contributed by atoms with E-state index in [0.717, 1.165) is 29.3 Å². The molecule has 1 aliphatic rings. The molecule has 5 nitrogen and oxygen atoms in total. The Morgan fingerprint density at radius 2 is 1.68 bits per heavy atom. The van der Waals surface area contributed by atoms with E-state index in [9.17, 15) is 8.42 Å². The Morgan fingerprint density at radius 1 is 0.941 bits per heavy atom. The fourth-order valence-electron chi connectivity index (χ4n) is 3.52. The smallest absolute Gasteiger partial charge is 0.263 e. The number of nitrogens with zero attached hydrogens (tertiary/aromatic N) is 1. The van der Waals surface area contributed by atoms with Crippen LogP contribution in [0, 0.1) is 0 Å². The number of ether oxygens (including phenoxy) is 1. The lowest BCUT2D eigenvalue weighted by Gasteiger charge is -2.16. The van der Waals surface area contributed by atoms with Crippen molar-refractivity contribution in [3.05, 3.63) is 74.7 Å². The molecule has 1 N–H and O–H groups in total. The maximum Gasteiger partial charge on any atom is 0.263 e. The largest absolute Gasteiger partial charge is 0.487 e. The van der Waals surface area contributed by atoms with E-state index in [2.05, 4.69) is 9.62 Å². The van der Waals surface area contributed by atoms with E-state index < -0.39 is 10.0 Å². The van der Waals surface area contributed by atoms with Crippen molar-refractivity contribution in [2.45, 2.75) is 27.2 Å². The van der Waals surface area contributed by atoms with Crippen molar-refractivity contribution in [3.63, 3.8) is 0 Å². The van der Waals surface area contributed by atoms with Crippen molar-refractivity contribution in [1.82, 2.24) is 4.90 Å². The first kappa shape index (κ1) is 25.8. The highest BCUT2D eigenvalue weighted by Crippen LogP contribution is 2.36. The highest BCUT2D eigenvalue weighted by Gasteiger charge is 2.23. The monoisotopic (exact) mass is 576 g/mol. The van der Waals surface area contributed by atoms with Crippen molar-refractivity contribution >= 4 is 73.9 Å². The number of hydrogen-bond acceptors (Lipinski definition) is 5. The summed E-state index contributed by atoms with van der Waals surface area (Å²) >= 11 is 26.1. The van der Waals surface area contributed by atoms with E-state index in [0.29, 0.717) is 26.5 Å². The Kier molecular flexibility index (Phi) is 8.14. The molecule has 0 aromatic heterocycles. The maximum absolute atomic E-state index is 13.0. The summed E-state index contributed by atoms with van der Waals surface area (Å²) in [6.45, 7) is 1.72. The van der Waals surface area contributed by atoms with E-state index in [1.165, 1.54) is 17.8 Å². The molecule has 0 radical (unpaired) electrons. The second-order valence-corrected chi connectivity index (χ2v) is 12.3. The van der Waals surface area contributed by atoms with Crippen LogP contribution in [0.5, 0.6) is 5.75 Å². The van der Waals surface area contributed by atoms with Gasteiger partial charge in [-0.1, -0.05) is 58.2 Å². The van der Waals surface area contributed by atoms with Gasteiger partial charge >= 0.3 is 0 Å². The SMILES string of the molecule is CN1CCC(Oc2cc(NS(=O)(=O)c3ccc(Sc4cc(Cl)cc(Cl)c4)cc3Cl)ccc2Cl)C1. The minimum absolute atomic E-state index is 0.00298. The summed E-state index contributed by atoms with van der Waals surface area (Å²) in [6, 6.07) is 14.7. The number of nitrogens with one attached hydrogen (secondary N) is 1. The average Bonchev–Trinajstić information content (AvgIpc) is 3.14. The van der Waals surface area contributed by atoms with Gasteiger partial charge in [-0.25, -0.2) is 8.42 Å². The third kappa shape index (κ3) is 6.46. The van der Waals surface area contributed by atoms with Gasteiger partial charge < -0.3 is 9.64 Å². The van der Waals surface area contributed by atoms with E-state index in [1.54, 1.807) is 48.5 Å². The van der Waals surface area contributed by atoms with Gasteiger partial charge in [0.2, 0.25) is 0 Å². The minimum Gasteiger partial charge on any atom is -0.487 e. The predicted octanol–water partition coefficient (Wildman–Crippen LogP) is 7.34. The van der Waals surface area contributed by atoms with Gasteiger partial charge in [0.1, 0.15) is 16.7 Å². The second kappa shape index (κ2) is 10.7. The topological polar surface area (TPSA) is 58.6 Å². The molecule has 1 unspecified atom stereocenters. The Labute approximate surface area is 223 Å². The molecule has 3 aromatic carbocycles. The Morgan fingerprint density at radius 3 is 2.32 bits per heavy atom. The molecule has 1 aliphatic heterocycles. The Bertz CT molecular complexity index is 1300. The second-order valence-electron chi connectivity index (χ2n) is 7.84. The number of likely N-dealkylation sites (tertiary alicyclic amines) is 1. The maximum atomic E-state index is 13.0. The van der Waals surface area contributed by atoms with Crippen LogP contribution in [-0.4, -0.2) is 39.6 Å². The average molecular weight is 578 g/mol. The van der Waals surface area contributed by atoms with Crippen LogP contribution in [0.4, 0.5) is 5.69 Å². The molecule has 0 amide bonds. The van der Waals surface area contributed by atoms with E-state index >= 15 is 0 Å². The van der Waals surface area contributed by atoms with Gasteiger partial charge in [-0.05, 0) is 62.0 Å². The van der Waals surface area contributed by atoms with Crippen molar-refractivity contribution in [2.24, 2.45) is 0 Å². The predicted molar refractivity (Wildman–Crippen MR) is 141 cm³/mol. The number of hydrogen-bond donors (Lipinski definition) is 1. The molecular formula is C23H20Cl4N2O3S2. The van der Waals surface area contributed by atoms with Crippen LogP contribution >= 0.6 is 58.2 Å². The van der Waals surface area contributed by atoms with Crippen LogP contribution in [0.25, 0.3) is 0 Å². The molecule has 34 heavy (non-hydrogen) atoms. The van der Waals surface area contributed by atoms with Crippen LogP contribution in [0.3, 0.4) is 0 Å². The summed E-state index contributed by atoms with van der Waals surface area (Å²) in [5.41, 5.74) is 0.328. The van der Waals surface area contributed by atoms with Gasteiger partial charge in [0.05, 0.1) is 15.7 Å². The first-order chi connectivity index (χ1) is 16.1. The summed E-state index contributed by atoms with van der Waals surface area (Å²) < 4.78 is 34.6. The van der Waals surface area contributed by atoms with E-state index in [1.807, 2.05) is 7.05 Å². The fourth-order valence-corrected chi connectivity index (χ4v) is 6.96. The zero-order chi connectivity index (χ0) is 24.5. The lowest BCUT2D eigenvalue weighted by molar-refractivity contribution is 0.208. The number of likely N-dealkylation sites (N-methyl/N-ethyl adjacent to an activating group) is 1. The van der Waals surface area contributed by atoms with Crippen LogP contribution in [0.2, 0.25) is 20.1 Å². The standard InChI is InChI=1S/C23H20Cl4N2O3S2/c1-29-7-6-17(13-29)32-22-11-16(2-4-20(22)26)28-34(30,31)23-5-3-18(12-21(23)27)33-19-9-14(24)8-15(25)10-19/h2-5,8-12,17,28H,6-7,13H2,1H3. The lowest BCUT2D eigenvalue weighted by atomic mass is 10.3. The molecule has 1 heterocycles. The van der Waals surface area contributed by atoms with Crippen LogP contribution in [-0.2, 0) is 10.0 Å². The summed E-state index contributed by atoms with van der Waals surface area (Å²) in [5.74, 6) is 0.431. The molecule has 0 aliphatic carbocycles. The van der Waals surface area contributed by atoms with Gasteiger partial charge in [-0.2, -0.15) is 0 Å². The van der Waals surface area contributed by atoms with Gasteiger partial charge in [0, 0.05) is 39.0 Å². The summed E-state index contributed by atoms with van der Waals surface area (Å²) in [6.07, 6.45) is 0.882. The molecule has 0 spiro atoms. The molecule has 180 valence electrons. The van der Waals surface area contributed by atoms with Gasteiger partial charge in [-0.3, -0.25) is 4.72 Å². The van der Waals surface area contributed by atoms with Crippen LogP contribution in [0.1, 0.15) is 6.42 Å². The highest BCUT2D eigenvalue weighted by atomic mass is 35.5. The Hall–Kier alpha value is -1.32. The number of benzene rings is 3. The normalized spacial score (nSPS) is 16.6. The molecule has 11 heteroatoms. The van der Waals surface area contributed by atoms with Crippen molar-refractivity contribution in [2.75, 3.05) is 24.9 Å². The fraction of sp³-hybridized carbons (Fsp3) is 0.217. The molecule has 0 saturated carbocycles. The summed E-state index contributed by atoms with van der Waals surface area (Å²) in [5, 5.41) is 1.52. The van der Waals surface area contributed by atoms with E-state index in [-0.39, 0.29) is 16.0 Å². The molecule has 4 rings (SSSR count). The van der Waals surface area contributed by atoms with Gasteiger partial charge in [0.25, 0.3) is 10.0 Å². The number of rotatable bonds is 7. The number of anilines is 1. The molecule has 3 aromatic rings. The molecule has 1 fully saturated rings. The molecule has 0 bridgehead atoms. The first-order valence-electron chi connectivity index (χ1n) is 10.2. The van der Waals surface area contributed by atoms with Crippen molar-refractivity contribution in [1.29, 1.82) is 0 Å². The van der Waals surface area contributed by atoms with Gasteiger partial charge in [0.15, 0.2) is 0 Å². The summed E-state index contributed by atoms with van der Waals surface area (Å²) in [7, 11) is -1.93. The lowest BCUT2D eigenvalue weighted by Crippen LogP contribution is -2.21. The molecule has 1 atom stereocenters. The van der Waals surface area contributed by atoms with Gasteiger partial charge in [-0.15, -0.1) is 0 Å². The zero-order valence-corrected chi connectivity index (χ0v) is 22.6. The first-order valence-corrected chi connectivity index (χ1v) is 14.0. The van der Waals surface area contributed by atoms with Crippen molar-refractivity contribution < 1.29 is 13.2 Å². The summed E-state index contributed by atoms with van der Waals surface area (Å²) in [4.78, 5) is 3.67. The Balaban J connectivity index is 1.51. The highest BCUT2D eigenvalue weighted by molar-refractivity contribution is 7.99. The number of halogens is 4. The van der Waals surface area contributed by atoms with Crippen LogP contribution in [0.15, 0.2) is 69.3 Å². The third-order valence-corrected chi connectivity index (χ3v) is 8.66. The van der Waals surface area contributed by atoms with Crippen molar-refractivity contribution in [3.8, 4) is 5.75 Å². The minimum atomic E-state index is -3.95. The molecular weight excluding hydrogens is 558 g/mol. The van der Waals surface area contributed by atoms with E-state index in [4.69, 9.17) is 51.1 Å². The zero-order valence-electron chi connectivity index (χ0n) is 17.9. The number of sulfonamides is 1.